The Balaban J connectivity index is 2.49. The number of carboxylic acids is 1. The molecule has 0 aliphatic heterocycles. The van der Waals surface area contributed by atoms with Gasteiger partial charge >= 0.3 is 5.97 Å². The number of aryl methyl sites for hydroxylation is 1. The molecule has 0 aliphatic carbocycles. The molecule has 0 saturated heterocycles. The number of anilines is 2. The van der Waals surface area contributed by atoms with Crippen molar-refractivity contribution in [2.75, 3.05) is 11.9 Å². The third-order valence-electron chi connectivity index (χ3n) is 3.15. The molecule has 4 heteroatoms. The summed E-state index contributed by atoms with van der Waals surface area (Å²) in [6, 6.07) is 13.5. The minimum atomic E-state index is -0.987. The lowest BCUT2D eigenvalue weighted by atomic mass is 10.1. The summed E-state index contributed by atoms with van der Waals surface area (Å²) in [5.74, 6) is -0.987. The second kappa shape index (κ2) is 6.46. The van der Waals surface area contributed by atoms with E-state index >= 15 is 0 Å². The molecule has 0 fully saturated rings. The van der Waals surface area contributed by atoms with Gasteiger partial charge in [-0.1, -0.05) is 35.9 Å². The minimum absolute atomic E-state index is 0.576. The Morgan fingerprint density at radius 3 is 2.62 bits per heavy atom. The highest BCUT2D eigenvalue weighted by Gasteiger charge is 2.12. The summed E-state index contributed by atoms with van der Waals surface area (Å²) in [6.07, 6.45) is 2.66. The van der Waals surface area contributed by atoms with Crippen LogP contribution in [0.25, 0.3) is 6.08 Å². The molecule has 1 N–H and O–H groups in total. The number of hydrogen-bond donors (Lipinski definition) is 1. The molecule has 0 amide bonds. The normalized spacial score (nSPS) is 10.8. The van der Waals surface area contributed by atoms with E-state index < -0.39 is 5.97 Å². The minimum Gasteiger partial charge on any atom is -0.478 e. The number of nitrogens with zero attached hydrogens (tertiary/aromatic N) is 1. The summed E-state index contributed by atoms with van der Waals surface area (Å²) in [6.45, 7) is 2.02. The predicted octanol–water partition coefficient (Wildman–Crippen LogP) is 4.51. The van der Waals surface area contributed by atoms with Crippen LogP contribution in [0.4, 0.5) is 11.4 Å². The maximum Gasteiger partial charge on any atom is 0.328 e. The Morgan fingerprint density at radius 2 is 1.95 bits per heavy atom. The van der Waals surface area contributed by atoms with Crippen LogP contribution in [0.5, 0.6) is 0 Å². The fourth-order valence-corrected chi connectivity index (χ4v) is 2.46. The fourth-order valence-electron chi connectivity index (χ4n) is 2.15. The van der Waals surface area contributed by atoms with E-state index in [-0.39, 0.29) is 0 Å². The van der Waals surface area contributed by atoms with Gasteiger partial charge in [-0.3, -0.25) is 0 Å². The van der Waals surface area contributed by atoms with Crippen molar-refractivity contribution in [3.05, 3.63) is 64.7 Å². The summed E-state index contributed by atoms with van der Waals surface area (Å²) < 4.78 is 0. The standard InChI is InChI=1S/C17H16ClNO2/c1-12-5-3-7-14(11-12)19(2)17-13(9-10-16(20)21)6-4-8-15(17)18/h3-11H,1-2H3,(H,20,21)/b10-9+. The lowest BCUT2D eigenvalue weighted by Gasteiger charge is -2.23. The molecule has 0 aliphatic rings. The van der Waals surface area contributed by atoms with Crippen LogP contribution >= 0.6 is 11.6 Å². The number of aliphatic carboxylic acids is 1. The average molecular weight is 302 g/mol. The van der Waals surface area contributed by atoms with E-state index in [9.17, 15) is 4.79 Å². The highest BCUT2D eigenvalue weighted by atomic mass is 35.5. The molecule has 0 aromatic heterocycles. The maximum atomic E-state index is 10.7. The van der Waals surface area contributed by atoms with Crippen LogP contribution in [0, 0.1) is 6.92 Å². The van der Waals surface area contributed by atoms with Crippen molar-refractivity contribution in [2.24, 2.45) is 0 Å². The molecule has 2 aromatic carbocycles. The van der Waals surface area contributed by atoms with E-state index in [0.717, 1.165) is 28.6 Å². The van der Waals surface area contributed by atoms with Crippen molar-refractivity contribution in [3.63, 3.8) is 0 Å². The predicted molar refractivity (Wildman–Crippen MR) is 87.4 cm³/mol. The largest absolute Gasteiger partial charge is 0.478 e. The molecule has 2 aromatic rings. The number of para-hydroxylation sites is 1. The van der Waals surface area contributed by atoms with Crippen molar-refractivity contribution in [2.45, 2.75) is 6.92 Å². The van der Waals surface area contributed by atoms with Gasteiger partial charge in [-0.2, -0.15) is 0 Å². The lowest BCUT2D eigenvalue weighted by molar-refractivity contribution is -0.131. The van der Waals surface area contributed by atoms with Gasteiger partial charge in [-0.25, -0.2) is 4.79 Å². The maximum absolute atomic E-state index is 10.7. The van der Waals surface area contributed by atoms with Crippen LogP contribution in [0.2, 0.25) is 5.02 Å². The first kappa shape index (κ1) is 15.1. The zero-order valence-corrected chi connectivity index (χ0v) is 12.6. The first-order valence-corrected chi connectivity index (χ1v) is 6.87. The molecular weight excluding hydrogens is 286 g/mol. The third kappa shape index (κ3) is 3.64. The number of carboxylic acid groups (broad SMARTS) is 1. The van der Waals surface area contributed by atoms with E-state index in [1.165, 1.54) is 0 Å². The quantitative estimate of drug-likeness (QED) is 0.844. The Morgan fingerprint density at radius 1 is 1.24 bits per heavy atom. The van der Waals surface area contributed by atoms with Crippen LogP contribution in [-0.2, 0) is 4.79 Å². The van der Waals surface area contributed by atoms with Gasteiger partial charge in [0.15, 0.2) is 0 Å². The van der Waals surface area contributed by atoms with E-state index in [4.69, 9.17) is 16.7 Å². The Hall–Kier alpha value is -2.26. The van der Waals surface area contributed by atoms with Crippen molar-refractivity contribution < 1.29 is 9.90 Å². The molecule has 21 heavy (non-hydrogen) atoms. The van der Waals surface area contributed by atoms with Gasteiger partial charge in [0.25, 0.3) is 0 Å². The molecule has 0 saturated carbocycles. The number of benzene rings is 2. The third-order valence-corrected chi connectivity index (χ3v) is 3.45. The van der Waals surface area contributed by atoms with Crippen molar-refractivity contribution in [1.82, 2.24) is 0 Å². The number of rotatable bonds is 4. The van der Waals surface area contributed by atoms with Crippen molar-refractivity contribution in [1.29, 1.82) is 0 Å². The Labute approximate surface area is 129 Å². The van der Waals surface area contributed by atoms with Gasteiger partial charge in [0.1, 0.15) is 0 Å². The molecule has 2 rings (SSSR count). The summed E-state index contributed by atoms with van der Waals surface area (Å²) in [5, 5.41) is 9.37. The van der Waals surface area contributed by atoms with Crippen LogP contribution < -0.4 is 4.90 Å². The summed E-state index contributed by atoms with van der Waals surface area (Å²) in [4.78, 5) is 12.7. The molecule has 3 nitrogen and oxygen atoms in total. The second-order valence-electron chi connectivity index (χ2n) is 4.75. The zero-order chi connectivity index (χ0) is 15.4. The van der Waals surface area contributed by atoms with E-state index in [1.807, 2.05) is 49.2 Å². The van der Waals surface area contributed by atoms with Crippen molar-refractivity contribution >= 4 is 35.0 Å². The zero-order valence-electron chi connectivity index (χ0n) is 11.9. The molecular formula is C17H16ClNO2. The smallest absolute Gasteiger partial charge is 0.328 e. The molecule has 0 spiro atoms. The Bertz CT molecular complexity index is 695. The van der Waals surface area contributed by atoms with Crippen LogP contribution in [0.1, 0.15) is 11.1 Å². The van der Waals surface area contributed by atoms with E-state index in [1.54, 1.807) is 18.2 Å². The highest BCUT2D eigenvalue weighted by Crippen LogP contribution is 2.34. The summed E-state index contributed by atoms with van der Waals surface area (Å²) in [5.41, 5.74) is 3.68. The molecule has 0 heterocycles. The lowest BCUT2D eigenvalue weighted by Crippen LogP contribution is -2.11. The molecule has 108 valence electrons. The molecule has 0 bridgehead atoms. The molecule has 0 radical (unpaired) electrons. The number of hydrogen-bond acceptors (Lipinski definition) is 2. The average Bonchev–Trinajstić information content (AvgIpc) is 2.44. The number of carbonyl (C=O) groups is 1. The van der Waals surface area contributed by atoms with Gasteiger partial charge < -0.3 is 10.0 Å². The van der Waals surface area contributed by atoms with Crippen LogP contribution in [0.15, 0.2) is 48.5 Å². The van der Waals surface area contributed by atoms with Crippen LogP contribution in [-0.4, -0.2) is 18.1 Å². The molecule has 0 unspecified atom stereocenters. The first-order chi connectivity index (χ1) is 9.99. The van der Waals surface area contributed by atoms with Gasteiger partial charge in [0.05, 0.1) is 10.7 Å². The first-order valence-electron chi connectivity index (χ1n) is 6.49. The summed E-state index contributed by atoms with van der Waals surface area (Å²) >= 11 is 6.31. The van der Waals surface area contributed by atoms with Crippen LogP contribution in [0.3, 0.4) is 0 Å². The number of halogens is 1. The van der Waals surface area contributed by atoms with Gasteiger partial charge in [0, 0.05) is 18.8 Å². The SMILES string of the molecule is Cc1cccc(N(C)c2c(Cl)cccc2/C=C/C(=O)O)c1. The van der Waals surface area contributed by atoms with Crippen molar-refractivity contribution in [3.8, 4) is 0 Å². The highest BCUT2D eigenvalue weighted by molar-refractivity contribution is 6.33. The van der Waals surface area contributed by atoms with Gasteiger partial charge in [0.2, 0.25) is 0 Å². The monoisotopic (exact) mass is 301 g/mol. The van der Waals surface area contributed by atoms with Gasteiger partial charge in [-0.15, -0.1) is 0 Å². The summed E-state index contributed by atoms with van der Waals surface area (Å²) in [7, 11) is 1.91. The Kier molecular flexibility index (Phi) is 4.66. The van der Waals surface area contributed by atoms with E-state index in [0.29, 0.717) is 5.02 Å². The second-order valence-corrected chi connectivity index (χ2v) is 5.15. The van der Waals surface area contributed by atoms with Gasteiger partial charge in [-0.05, 0) is 42.3 Å². The molecule has 0 atom stereocenters. The topological polar surface area (TPSA) is 40.5 Å². The fraction of sp³-hybridized carbons (Fsp3) is 0.118. The van der Waals surface area contributed by atoms with E-state index in [2.05, 4.69) is 0 Å².